The fourth-order valence-electron chi connectivity index (χ4n) is 6.09. The third-order valence-corrected chi connectivity index (χ3v) is 10.2. The zero-order chi connectivity index (χ0) is 36.1. The number of rotatable bonds is 8. The Bertz CT molecular complexity index is 1330. The Morgan fingerprint density at radius 2 is 1.24 bits per heavy atom. The zero-order valence-corrected chi connectivity index (χ0v) is 33.1. The highest BCUT2D eigenvalue weighted by Gasteiger charge is 2.21. The van der Waals surface area contributed by atoms with E-state index in [1.54, 1.807) is 0 Å². The molecule has 2 aromatic carbocycles. The molecule has 276 valence electrons. The molecule has 3 fully saturated rings. The lowest BCUT2D eigenvalue weighted by molar-refractivity contribution is 0.147. The number of likely N-dealkylation sites (N-methyl/N-ethyl adjacent to an activating group) is 4. The van der Waals surface area contributed by atoms with Crippen LogP contribution in [0.1, 0.15) is 42.5 Å². The van der Waals surface area contributed by atoms with Crippen LogP contribution in [0.4, 0.5) is 0 Å². The minimum atomic E-state index is 0.562. The van der Waals surface area contributed by atoms with Gasteiger partial charge >= 0.3 is 0 Å². The van der Waals surface area contributed by atoms with Crippen LogP contribution in [0, 0.1) is 15.9 Å². The van der Waals surface area contributed by atoms with Crippen molar-refractivity contribution in [1.29, 1.82) is 0 Å². The first-order valence-corrected chi connectivity index (χ1v) is 19.1. The van der Waals surface area contributed by atoms with Gasteiger partial charge < -0.3 is 31.9 Å². The number of hydrogen-bond acceptors (Lipinski definition) is 10. The topological polar surface area (TPSA) is 120 Å². The van der Waals surface area contributed by atoms with Gasteiger partial charge in [0.1, 0.15) is 0 Å². The van der Waals surface area contributed by atoms with Gasteiger partial charge in [0.15, 0.2) is 0 Å². The fraction of sp³-hybridized carbons (Fsp3) is 0.579. The number of hydrogen-bond donors (Lipinski definition) is 4. The molecule has 0 spiro atoms. The summed E-state index contributed by atoms with van der Waals surface area (Å²) in [5.41, 5.74) is 15.4. The van der Waals surface area contributed by atoms with Crippen molar-refractivity contribution in [2.75, 3.05) is 87.1 Å². The Morgan fingerprint density at radius 3 is 1.70 bits per heavy atom. The van der Waals surface area contributed by atoms with Crippen molar-refractivity contribution >= 4 is 22.6 Å². The monoisotopic (exact) mass is 799 g/mol. The molecule has 3 aliphatic rings. The first-order chi connectivity index (χ1) is 24.3. The van der Waals surface area contributed by atoms with Crippen LogP contribution in [0.15, 0.2) is 54.7 Å². The van der Waals surface area contributed by atoms with Crippen LogP contribution in [0.5, 0.6) is 0 Å². The molecule has 1 aromatic heterocycles. The molecular weight excluding hydrogens is 737 g/mol. The first-order valence-electron chi connectivity index (χ1n) is 18.0. The molecule has 0 radical (unpaired) electrons. The Labute approximate surface area is 315 Å². The van der Waals surface area contributed by atoms with Crippen molar-refractivity contribution < 1.29 is 0 Å². The number of aromatic nitrogens is 3. The molecule has 6 rings (SSSR count). The largest absolute Gasteiger partial charge is 0.326 e. The molecule has 50 heavy (non-hydrogen) atoms. The number of nitrogens with two attached hydrogens (primary N) is 2. The molecule has 2 saturated heterocycles. The molecular formula is C38H62IN11. The highest BCUT2D eigenvalue weighted by molar-refractivity contribution is 14.1. The second-order valence-electron chi connectivity index (χ2n) is 13.3. The zero-order valence-electron chi connectivity index (χ0n) is 30.9. The van der Waals surface area contributed by atoms with E-state index in [-0.39, 0.29) is 0 Å². The summed E-state index contributed by atoms with van der Waals surface area (Å²) in [4.78, 5) is 9.41. The van der Waals surface area contributed by atoms with Crippen molar-refractivity contribution in [3.05, 3.63) is 75.1 Å². The summed E-state index contributed by atoms with van der Waals surface area (Å²) in [6.45, 7) is 11.9. The van der Waals surface area contributed by atoms with Gasteiger partial charge in [0.05, 0.1) is 24.1 Å². The Kier molecular flexibility index (Phi) is 20.1. The molecule has 2 atom stereocenters. The van der Waals surface area contributed by atoms with Crippen LogP contribution >= 0.6 is 22.6 Å². The van der Waals surface area contributed by atoms with Crippen LogP contribution < -0.4 is 22.1 Å². The van der Waals surface area contributed by atoms with E-state index in [4.69, 9.17) is 17.9 Å². The summed E-state index contributed by atoms with van der Waals surface area (Å²) in [6.07, 6.45) is 12.7. The Balaban J connectivity index is 0.000000197. The van der Waals surface area contributed by atoms with Crippen LogP contribution in [-0.4, -0.2) is 134 Å². The highest BCUT2D eigenvalue weighted by Crippen LogP contribution is 2.17. The molecule has 1 aliphatic carbocycles. The third kappa shape index (κ3) is 15.4. The number of nitrogens with zero attached hydrogens (tertiary/aromatic N) is 7. The molecule has 0 unspecified atom stereocenters. The van der Waals surface area contributed by atoms with Gasteiger partial charge in [-0.3, -0.25) is 9.80 Å². The maximum absolute atomic E-state index is 5.61. The molecule has 11 nitrogen and oxygen atoms in total. The lowest BCUT2D eigenvalue weighted by atomic mass is 9.91. The molecule has 0 amide bonds. The lowest BCUT2D eigenvalue weighted by Crippen LogP contribution is -2.47. The predicted molar refractivity (Wildman–Crippen MR) is 216 cm³/mol. The van der Waals surface area contributed by atoms with Gasteiger partial charge in [0.2, 0.25) is 0 Å². The Morgan fingerprint density at radius 1 is 0.760 bits per heavy atom. The van der Waals surface area contributed by atoms with E-state index in [1.165, 1.54) is 34.8 Å². The van der Waals surface area contributed by atoms with E-state index in [1.807, 2.05) is 47.3 Å². The average Bonchev–Trinajstić information content (AvgIpc) is 3.63. The summed E-state index contributed by atoms with van der Waals surface area (Å²) in [6, 6.07) is 17.7. The smallest absolute Gasteiger partial charge is 0.0971 e. The normalized spacial score (nSPS) is 20.3. The molecule has 3 aromatic rings. The van der Waals surface area contributed by atoms with Gasteiger partial charge in [0, 0.05) is 87.6 Å². The predicted octanol–water partition coefficient (Wildman–Crippen LogP) is 2.83. The van der Waals surface area contributed by atoms with Crippen LogP contribution in [0.2, 0.25) is 0 Å². The number of halogens is 1. The first kappa shape index (κ1) is 42.0. The van der Waals surface area contributed by atoms with Crippen LogP contribution in [0.25, 0.3) is 5.69 Å². The van der Waals surface area contributed by atoms with Crippen molar-refractivity contribution in [2.24, 2.45) is 11.5 Å². The third-order valence-electron chi connectivity index (χ3n) is 9.53. The number of terminal acetylenes is 1. The quantitative estimate of drug-likeness (QED) is 0.200. The van der Waals surface area contributed by atoms with E-state index >= 15 is 0 Å². The van der Waals surface area contributed by atoms with Crippen LogP contribution in [0.3, 0.4) is 0 Å². The minimum absolute atomic E-state index is 0.562. The molecule has 0 bridgehead atoms. The van der Waals surface area contributed by atoms with Gasteiger partial charge in [0.25, 0.3) is 0 Å². The van der Waals surface area contributed by atoms with Crippen molar-refractivity contribution in [3.8, 4) is 18.0 Å². The summed E-state index contributed by atoms with van der Waals surface area (Å²) >= 11 is 2.27. The van der Waals surface area contributed by atoms with Crippen molar-refractivity contribution in [1.82, 2.24) is 45.2 Å². The standard InChI is InChI=1S/C15H22N6.C8H18N2.C8H14N2.C7H8IN/c1-19-6-8-20(9-7-19)11-14-12-21(18-17-14)15-4-2-13(10-16)3-5-15;1-9-7-5-3-4-6-8(7)10-2;1-3-4-10-7-5-9(2)6-8-10;8-7-3-1-6(5-9)2-4-7/h2-5,12H,6-11,16H2,1H3;7-10H,3-6H2,1-2H3;1H,4-8H2,2H3;1-4H,5,9H2/t;7-,8-;;/m.0../s1. The maximum atomic E-state index is 5.61. The maximum Gasteiger partial charge on any atom is 0.0971 e. The van der Waals surface area contributed by atoms with E-state index in [0.29, 0.717) is 25.2 Å². The Hall–Kier alpha value is -2.45. The highest BCUT2D eigenvalue weighted by atomic mass is 127. The van der Waals surface area contributed by atoms with Gasteiger partial charge in [-0.15, -0.1) is 11.5 Å². The summed E-state index contributed by atoms with van der Waals surface area (Å²) in [5.74, 6) is 2.66. The number of nitrogens with one attached hydrogen (secondary N) is 2. The van der Waals surface area contributed by atoms with Crippen molar-refractivity contribution in [2.45, 2.75) is 57.4 Å². The molecule has 2 aliphatic heterocycles. The number of piperazine rings is 2. The van der Waals surface area contributed by atoms with Gasteiger partial charge in [-0.05, 0) is 99.0 Å². The molecule has 1 saturated carbocycles. The summed E-state index contributed by atoms with van der Waals surface area (Å²) in [7, 11) is 8.42. The van der Waals surface area contributed by atoms with Gasteiger partial charge in [-0.2, -0.15) is 0 Å². The van der Waals surface area contributed by atoms with E-state index in [9.17, 15) is 0 Å². The van der Waals surface area contributed by atoms with E-state index < -0.39 is 0 Å². The van der Waals surface area contributed by atoms with Gasteiger partial charge in [-0.1, -0.05) is 48.2 Å². The second kappa shape index (κ2) is 23.9. The van der Waals surface area contributed by atoms with Crippen LogP contribution in [-0.2, 0) is 19.6 Å². The molecule has 6 N–H and O–H groups in total. The SMILES string of the molecule is C#CCN1CCN(C)CC1.CN1CCN(Cc2cn(-c3ccc(CN)cc3)nn2)CC1.CN[C@H]1CCCC[C@@H]1NC.NCc1ccc(I)cc1. The average molecular weight is 800 g/mol. The van der Waals surface area contributed by atoms with E-state index in [0.717, 1.165) is 82.4 Å². The summed E-state index contributed by atoms with van der Waals surface area (Å²) < 4.78 is 3.08. The number of benzene rings is 2. The molecule has 3 heterocycles. The molecule has 12 heteroatoms. The fourth-order valence-corrected chi connectivity index (χ4v) is 6.45. The second-order valence-corrected chi connectivity index (χ2v) is 14.5. The van der Waals surface area contributed by atoms with Gasteiger partial charge in [-0.25, -0.2) is 4.68 Å². The summed E-state index contributed by atoms with van der Waals surface area (Å²) in [5, 5.41) is 15.2. The minimum Gasteiger partial charge on any atom is -0.326 e. The lowest BCUT2D eigenvalue weighted by Gasteiger charge is -2.31. The van der Waals surface area contributed by atoms with E-state index in [2.05, 4.69) is 109 Å². The van der Waals surface area contributed by atoms with Crippen molar-refractivity contribution in [3.63, 3.8) is 0 Å².